The number of benzene rings is 3. The van der Waals surface area contributed by atoms with E-state index in [9.17, 15) is 4.39 Å². The van der Waals surface area contributed by atoms with Crippen LogP contribution in [0.5, 0.6) is 11.5 Å². The number of ether oxygens (including phenoxy) is 2. The molecule has 33 heavy (non-hydrogen) atoms. The maximum Gasteiger partial charge on any atom is 0.176 e. The molecule has 1 aliphatic rings. The van der Waals surface area contributed by atoms with Crippen molar-refractivity contribution in [3.63, 3.8) is 0 Å². The Morgan fingerprint density at radius 3 is 2.52 bits per heavy atom. The molecule has 168 valence electrons. The van der Waals surface area contributed by atoms with E-state index in [-0.39, 0.29) is 5.82 Å². The van der Waals surface area contributed by atoms with Crippen LogP contribution in [0, 0.1) is 5.82 Å². The van der Waals surface area contributed by atoms with Gasteiger partial charge >= 0.3 is 0 Å². The number of furan rings is 1. The lowest BCUT2D eigenvalue weighted by Gasteiger charge is -2.26. The summed E-state index contributed by atoms with van der Waals surface area (Å²) in [6.07, 6.45) is 3.18. The molecule has 0 unspecified atom stereocenters. The van der Waals surface area contributed by atoms with E-state index >= 15 is 0 Å². The van der Waals surface area contributed by atoms with Crippen molar-refractivity contribution in [1.82, 2.24) is 4.90 Å². The summed E-state index contributed by atoms with van der Waals surface area (Å²) in [5.74, 6) is 2.10. The molecule has 1 aromatic heterocycles. The normalized spacial score (nSPS) is 14.3. The highest BCUT2D eigenvalue weighted by Gasteiger charge is 2.18. The maximum absolute atomic E-state index is 13.2. The molecule has 0 radical (unpaired) electrons. The minimum Gasteiger partial charge on any atom is -0.497 e. The average Bonchev–Trinajstić information content (AvgIpc) is 3.31. The van der Waals surface area contributed by atoms with Gasteiger partial charge in [-0.05, 0) is 59.5 Å². The number of halogens is 1. The Bertz CT molecular complexity index is 1310. The standard InChI is InChI=1S/C28H26FNO3/c1-31-24-5-3-4-21(16-24)27-17-25-22(8-11-26(32-2)28(25)33-27)18-30-14-12-20(13-15-30)19-6-9-23(29)10-7-19/h3-12,16-17H,13-15,18H2,1-2H3. The zero-order chi connectivity index (χ0) is 22.8. The van der Waals surface area contributed by atoms with Gasteiger partial charge in [0.25, 0.3) is 0 Å². The molecule has 3 aromatic carbocycles. The number of hydrogen-bond acceptors (Lipinski definition) is 4. The van der Waals surface area contributed by atoms with Gasteiger partial charge in [-0.25, -0.2) is 4.39 Å². The highest BCUT2D eigenvalue weighted by molar-refractivity contribution is 5.90. The Morgan fingerprint density at radius 1 is 0.939 bits per heavy atom. The van der Waals surface area contributed by atoms with Gasteiger partial charge in [-0.15, -0.1) is 0 Å². The van der Waals surface area contributed by atoms with Crippen LogP contribution in [0.4, 0.5) is 4.39 Å². The number of fused-ring (bicyclic) bond motifs is 1. The predicted octanol–water partition coefficient (Wildman–Crippen LogP) is 6.55. The summed E-state index contributed by atoms with van der Waals surface area (Å²) in [4.78, 5) is 2.41. The van der Waals surface area contributed by atoms with Crippen LogP contribution < -0.4 is 9.47 Å². The summed E-state index contributed by atoms with van der Waals surface area (Å²) in [5, 5.41) is 1.06. The van der Waals surface area contributed by atoms with Crippen LogP contribution in [-0.4, -0.2) is 32.2 Å². The first-order valence-electron chi connectivity index (χ1n) is 11.1. The van der Waals surface area contributed by atoms with Gasteiger partial charge in [0.15, 0.2) is 11.3 Å². The molecule has 4 aromatic rings. The quantitative estimate of drug-likeness (QED) is 0.339. The SMILES string of the molecule is COc1cccc(-c2cc3c(CN4CC=C(c5ccc(F)cc5)CC4)ccc(OC)c3o2)c1. The highest BCUT2D eigenvalue weighted by atomic mass is 19.1. The second-order valence-electron chi connectivity index (χ2n) is 8.23. The van der Waals surface area contributed by atoms with Crippen LogP contribution in [0.3, 0.4) is 0 Å². The van der Waals surface area contributed by atoms with E-state index in [1.807, 2.05) is 42.5 Å². The van der Waals surface area contributed by atoms with E-state index in [0.29, 0.717) is 0 Å². The number of nitrogens with zero attached hydrogens (tertiary/aromatic N) is 1. The van der Waals surface area contributed by atoms with Gasteiger partial charge in [0.2, 0.25) is 0 Å². The Kier molecular flexibility index (Phi) is 5.88. The zero-order valence-electron chi connectivity index (χ0n) is 18.8. The molecule has 2 heterocycles. The van der Waals surface area contributed by atoms with Crippen LogP contribution in [0.15, 0.2) is 77.2 Å². The van der Waals surface area contributed by atoms with E-state index in [1.54, 1.807) is 14.2 Å². The largest absolute Gasteiger partial charge is 0.497 e. The second-order valence-corrected chi connectivity index (χ2v) is 8.23. The van der Waals surface area contributed by atoms with Crippen LogP contribution in [-0.2, 0) is 6.54 Å². The lowest BCUT2D eigenvalue weighted by Crippen LogP contribution is -2.28. The van der Waals surface area contributed by atoms with E-state index in [2.05, 4.69) is 23.1 Å². The highest BCUT2D eigenvalue weighted by Crippen LogP contribution is 2.37. The second kappa shape index (κ2) is 9.12. The summed E-state index contributed by atoms with van der Waals surface area (Å²) in [6.45, 7) is 2.60. The Morgan fingerprint density at radius 2 is 1.79 bits per heavy atom. The molecule has 4 nitrogen and oxygen atoms in total. The van der Waals surface area contributed by atoms with Crippen molar-refractivity contribution >= 4 is 16.5 Å². The Hall–Kier alpha value is -3.57. The smallest absolute Gasteiger partial charge is 0.176 e. The summed E-state index contributed by atoms with van der Waals surface area (Å²) in [6, 6.07) is 20.8. The minimum atomic E-state index is -0.200. The van der Waals surface area contributed by atoms with Gasteiger partial charge < -0.3 is 13.9 Å². The van der Waals surface area contributed by atoms with Gasteiger partial charge in [0, 0.05) is 30.6 Å². The molecule has 0 saturated heterocycles. The van der Waals surface area contributed by atoms with Gasteiger partial charge in [-0.3, -0.25) is 4.90 Å². The summed E-state index contributed by atoms with van der Waals surface area (Å²) in [7, 11) is 3.32. The van der Waals surface area contributed by atoms with Crippen LogP contribution in [0.1, 0.15) is 17.5 Å². The van der Waals surface area contributed by atoms with Gasteiger partial charge in [0.1, 0.15) is 17.3 Å². The van der Waals surface area contributed by atoms with Gasteiger partial charge in [-0.2, -0.15) is 0 Å². The third-order valence-electron chi connectivity index (χ3n) is 6.21. The molecule has 0 atom stereocenters. The van der Waals surface area contributed by atoms with Crippen molar-refractivity contribution in [1.29, 1.82) is 0 Å². The average molecular weight is 444 g/mol. The van der Waals surface area contributed by atoms with Crippen molar-refractivity contribution < 1.29 is 18.3 Å². The first-order valence-corrected chi connectivity index (χ1v) is 11.1. The van der Waals surface area contributed by atoms with E-state index in [1.165, 1.54) is 23.3 Å². The molecule has 0 saturated carbocycles. The molecular formula is C28H26FNO3. The van der Waals surface area contributed by atoms with Crippen molar-refractivity contribution in [3.05, 3.63) is 89.8 Å². The molecule has 0 bridgehead atoms. The number of methoxy groups -OCH3 is 2. The summed E-state index contributed by atoms with van der Waals surface area (Å²) < 4.78 is 30.4. The van der Waals surface area contributed by atoms with Gasteiger partial charge in [-0.1, -0.05) is 36.4 Å². The molecule has 0 fully saturated rings. The third kappa shape index (κ3) is 4.37. The minimum absolute atomic E-state index is 0.200. The van der Waals surface area contributed by atoms with E-state index < -0.39 is 0 Å². The zero-order valence-corrected chi connectivity index (χ0v) is 18.8. The predicted molar refractivity (Wildman–Crippen MR) is 129 cm³/mol. The molecule has 0 N–H and O–H groups in total. The lowest BCUT2D eigenvalue weighted by molar-refractivity contribution is 0.295. The molecule has 5 heteroatoms. The molecule has 1 aliphatic heterocycles. The molecule has 0 aliphatic carbocycles. The fourth-order valence-electron chi connectivity index (χ4n) is 4.39. The fourth-order valence-corrected chi connectivity index (χ4v) is 4.39. The van der Waals surface area contributed by atoms with Gasteiger partial charge in [0.05, 0.1) is 14.2 Å². The van der Waals surface area contributed by atoms with Crippen molar-refractivity contribution in [2.24, 2.45) is 0 Å². The van der Waals surface area contributed by atoms with E-state index in [4.69, 9.17) is 13.9 Å². The summed E-state index contributed by atoms with van der Waals surface area (Å²) in [5.41, 5.74) is 5.29. The molecule has 0 amide bonds. The van der Waals surface area contributed by atoms with Crippen molar-refractivity contribution in [2.75, 3.05) is 27.3 Å². The van der Waals surface area contributed by atoms with E-state index in [0.717, 1.165) is 65.4 Å². The number of rotatable bonds is 6. The topological polar surface area (TPSA) is 34.8 Å². The number of hydrogen-bond donors (Lipinski definition) is 0. The first-order chi connectivity index (χ1) is 16.1. The van der Waals surface area contributed by atoms with Crippen LogP contribution in [0.25, 0.3) is 27.9 Å². The van der Waals surface area contributed by atoms with Crippen LogP contribution >= 0.6 is 0 Å². The fraction of sp³-hybridized carbons (Fsp3) is 0.214. The Balaban J connectivity index is 1.41. The van der Waals surface area contributed by atoms with Crippen molar-refractivity contribution in [2.45, 2.75) is 13.0 Å². The lowest BCUT2D eigenvalue weighted by atomic mass is 9.99. The Labute approximate surface area is 192 Å². The molecule has 0 spiro atoms. The summed E-state index contributed by atoms with van der Waals surface area (Å²) >= 11 is 0. The monoisotopic (exact) mass is 443 g/mol. The molecular weight excluding hydrogens is 417 g/mol. The maximum atomic E-state index is 13.2. The van der Waals surface area contributed by atoms with Crippen LogP contribution in [0.2, 0.25) is 0 Å². The molecule has 5 rings (SSSR count). The third-order valence-corrected chi connectivity index (χ3v) is 6.21. The van der Waals surface area contributed by atoms with Crippen molar-refractivity contribution in [3.8, 4) is 22.8 Å². The first kappa shape index (κ1) is 21.3.